The third-order valence-electron chi connectivity index (χ3n) is 3.96. The highest BCUT2D eigenvalue weighted by Gasteiger charge is 2.16. The van der Waals surface area contributed by atoms with Gasteiger partial charge in [-0.3, -0.25) is 0 Å². The van der Waals surface area contributed by atoms with Gasteiger partial charge in [0.25, 0.3) is 0 Å². The quantitative estimate of drug-likeness (QED) is 0.528. The van der Waals surface area contributed by atoms with Gasteiger partial charge in [0.05, 0.1) is 12.0 Å². The zero-order valence-electron chi connectivity index (χ0n) is 14.3. The zero-order chi connectivity index (χ0) is 18.4. The topological polar surface area (TPSA) is 106 Å². The number of carboxylic acids is 1. The summed E-state index contributed by atoms with van der Waals surface area (Å²) in [4.78, 5) is 22.5. The van der Waals surface area contributed by atoms with Crippen LogP contribution in [0.25, 0.3) is 11.0 Å². The second-order valence-electron chi connectivity index (χ2n) is 5.91. The number of hydrogen-bond acceptors (Lipinski definition) is 6. The first-order valence-electron chi connectivity index (χ1n) is 8.19. The molecule has 0 saturated heterocycles. The van der Waals surface area contributed by atoms with E-state index >= 15 is 0 Å². The van der Waals surface area contributed by atoms with Gasteiger partial charge in [-0.2, -0.15) is 0 Å². The Labute approximate surface area is 144 Å². The van der Waals surface area contributed by atoms with Gasteiger partial charge in [-0.1, -0.05) is 20.3 Å². The summed E-state index contributed by atoms with van der Waals surface area (Å²) < 4.78 is 15.6. The summed E-state index contributed by atoms with van der Waals surface area (Å²) in [5.74, 6) is -0.824. The minimum atomic E-state index is -1.12. The maximum atomic E-state index is 12.0. The molecule has 7 nitrogen and oxygen atoms in total. The molecule has 0 amide bonds. The Kier molecular flexibility index (Phi) is 6.27. The first kappa shape index (κ1) is 18.6. The molecule has 2 aromatic rings. The Balaban J connectivity index is 2.16. The number of benzene rings is 1. The minimum Gasteiger partial charge on any atom is -0.504 e. The van der Waals surface area contributed by atoms with Gasteiger partial charge in [0.15, 0.2) is 12.4 Å². The van der Waals surface area contributed by atoms with Crippen LogP contribution >= 0.6 is 0 Å². The van der Waals surface area contributed by atoms with E-state index in [0.29, 0.717) is 17.9 Å². The number of aliphatic carboxylic acids is 1. The summed E-state index contributed by atoms with van der Waals surface area (Å²) >= 11 is 0. The van der Waals surface area contributed by atoms with Crippen LogP contribution in [0.2, 0.25) is 0 Å². The molecule has 0 radical (unpaired) electrons. The van der Waals surface area contributed by atoms with Gasteiger partial charge >= 0.3 is 11.6 Å². The number of fused-ring (bicyclic) bond motifs is 1. The molecule has 0 saturated carbocycles. The summed E-state index contributed by atoms with van der Waals surface area (Å²) in [5.41, 5.74) is -0.693. The van der Waals surface area contributed by atoms with E-state index in [9.17, 15) is 14.7 Å². The monoisotopic (exact) mass is 350 g/mol. The van der Waals surface area contributed by atoms with Crippen molar-refractivity contribution in [1.82, 2.24) is 0 Å². The van der Waals surface area contributed by atoms with Crippen LogP contribution < -0.4 is 15.1 Å². The van der Waals surface area contributed by atoms with Crippen LogP contribution in [0.4, 0.5) is 0 Å². The highest BCUT2D eigenvalue weighted by Crippen LogP contribution is 2.33. The van der Waals surface area contributed by atoms with Crippen LogP contribution in [0, 0.1) is 5.92 Å². The van der Waals surface area contributed by atoms with Crippen molar-refractivity contribution in [3.63, 3.8) is 0 Å². The average molecular weight is 350 g/mol. The van der Waals surface area contributed by atoms with Gasteiger partial charge < -0.3 is 24.1 Å². The summed E-state index contributed by atoms with van der Waals surface area (Å²) in [5, 5.41) is 19.2. The van der Waals surface area contributed by atoms with Gasteiger partial charge in [-0.25, -0.2) is 9.59 Å². The van der Waals surface area contributed by atoms with Gasteiger partial charge in [0.2, 0.25) is 5.75 Å². The van der Waals surface area contributed by atoms with Crippen molar-refractivity contribution in [1.29, 1.82) is 0 Å². The lowest BCUT2D eigenvalue weighted by molar-refractivity contribution is -0.139. The molecule has 1 aromatic heterocycles. The van der Waals surface area contributed by atoms with E-state index in [1.807, 2.05) is 0 Å². The second kappa shape index (κ2) is 8.41. The Morgan fingerprint density at radius 1 is 1.32 bits per heavy atom. The lowest BCUT2D eigenvalue weighted by Gasteiger charge is -2.11. The molecule has 1 heterocycles. The molecule has 1 atom stereocenters. The second-order valence-corrected chi connectivity index (χ2v) is 5.91. The average Bonchev–Trinajstić information content (AvgIpc) is 2.58. The van der Waals surface area contributed by atoms with Crippen molar-refractivity contribution in [2.45, 2.75) is 33.1 Å². The highest BCUT2D eigenvalue weighted by molar-refractivity contribution is 5.86. The SMILES string of the molecule is CCC(C)CCCOc1c(O)c2ccc(OCC(=O)O)cc2oc1=O. The molecule has 1 aromatic carbocycles. The predicted octanol–water partition coefficient (Wildman–Crippen LogP) is 3.17. The van der Waals surface area contributed by atoms with Crippen LogP contribution in [-0.4, -0.2) is 29.4 Å². The Hall–Kier alpha value is -2.70. The number of aromatic hydroxyl groups is 1. The van der Waals surface area contributed by atoms with Gasteiger partial charge in [-0.05, 0) is 30.9 Å². The maximum absolute atomic E-state index is 12.0. The number of rotatable bonds is 9. The molecule has 0 spiro atoms. The van der Waals surface area contributed by atoms with E-state index in [4.69, 9.17) is 19.0 Å². The summed E-state index contributed by atoms with van der Waals surface area (Å²) in [7, 11) is 0. The first-order valence-corrected chi connectivity index (χ1v) is 8.19. The van der Waals surface area contributed by atoms with Crippen molar-refractivity contribution in [2.75, 3.05) is 13.2 Å². The lowest BCUT2D eigenvalue weighted by Crippen LogP contribution is -2.10. The normalized spacial score (nSPS) is 12.1. The van der Waals surface area contributed by atoms with Crippen molar-refractivity contribution in [3.8, 4) is 17.2 Å². The molecule has 2 N–H and O–H groups in total. The number of hydrogen-bond donors (Lipinski definition) is 2. The van der Waals surface area contributed by atoms with Crippen LogP contribution in [0.1, 0.15) is 33.1 Å². The molecule has 0 aliphatic rings. The molecule has 7 heteroatoms. The predicted molar refractivity (Wildman–Crippen MR) is 91.5 cm³/mol. The molecular formula is C18H22O7. The van der Waals surface area contributed by atoms with E-state index in [1.165, 1.54) is 18.2 Å². The standard InChI is InChI=1S/C18H22O7/c1-3-11(2)5-4-8-23-17-16(21)13-7-6-12(24-10-15(19)20)9-14(13)25-18(17)22/h6-7,9,11,21H,3-5,8,10H2,1-2H3,(H,19,20). The fourth-order valence-electron chi connectivity index (χ4n) is 2.32. The Bertz CT molecular complexity index is 794. The lowest BCUT2D eigenvalue weighted by atomic mass is 10.0. The summed E-state index contributed by atoms with van der Waals surface area (Å²) in [6.45, 7) is 4.06. The van der Waals surface area contributed by atoms with E-state index in [1.54, 1.807) is 0 Å². The van der Waals surface area contributed by atoms with Crippen molar-refractivity contribution in [3.05, 3.63) is 28.6 Å². The van der Waals surface area contributed by atoms with E-state index in [2.05, 4.69) is 13.8 Å². The van der Waals surface area contributed by atoms with Crippen molar-refractivity contribution < 1.29 is 28.9 Å². The highest BCUT2D eigenvalue weighted by atomic mass is 16.5. The summed E-state index contributed by atoms with van der Waals surface area (Å²) in [6.07, 6.45) is 2.82. The van der Waals surface area contributed by atoms with Crippen molar-refractivity contribution in [2.24, 2.45) is 5.92 Å². The van der Waals surface area contributed by atoms with Crippen LogP contribution in [0.3, 0.4) is 0 Å². The molecular weight excluding hydrogens is 328 g/mol. The minimum absolute atomic E-state index is 0.0948. The fourth-order valence-corrected chi connectivity index (χ4v) is 2.32. The third-order valence-corrected chi connectivity index (χ3v) is 3.96. The molecule has 0 bridgehead atoms. The molecule has 0 aliphatic carbocycles. The molecule has 136 valence electrons. The fraction of sp³-hybridized carbons (Fsp3) is 0.444. The van der Waals surface area contributed by atoms with E-state index in [-0.39, 0.29) is 22.8 Å². The first-order chi connectivity index (χ1) is 11.9. The van der Waals surface area contributed by atoms with Crippen LogP contribution in [-0.2, 0) is 4.79 Å². The Morgan fingerprint density at radius 2 is 2.08 bits per heavy atom. The molecule has 1 unspecified atom stereocenters. The number of carbonyl (C=O) groups is 1. The maximum Gasteiger partial charge on any atom is 0.383 e. The smallest absolute Gasteiger partial charge is 0.383 e. The largest absolute Gasteiger partial charge is 0.504 e. The van der Waals surface area contributed by atoms with E-state index < -0.39 is 18.2 Å². The Morgan fingerprint density at radius 3 is 2.76 bits per heavy atom. The zero-order valence-corrected chi connectivity index (χ0v) is 14.3. The molecule has 2 rings (SSSR count). The molecule has 0 aliphatic heterocycles. The molecule has 0 fully saturated rings. The van der Waals surface area contributed by atoms with Gasteiger partial charge in [0, 0.05) is 6.07 Å². The van der Waals surface area contributed by atoms with Crippen molar-refractivity contribution >= 4 is 16.9 Å². The van der Waals surface area contributed by atoms with E-state index in [0.717, 1.165) is 19.3 Å². The van der Waals surface area contributed by atoms with Crippen LogP contribution in [0.5, 0.6) is 17.2 Å². The van der Waals surface area contributed by atoms with Gasteiger partial charge in [0.1, 0.15) is 11.3 Å². The number of carboxylic acid groups (broad SMARTS) is 1. The van der Waals surface area contributed by atoms with Crippen LogP contribution in [0.15, 0.2) is 27.4 Å². The van der Waals surface area contributed by atoms with Gasteiger partial charge in [-0.15, -0.1) is 0 Å². The summed E-state index contributed by atoms with van der Waals surface area (Å²) in [6, 6.07) is 4.32. The molecule has 25 heavy (non-hydrogen) atoms. The third kappa shape index (κ3) is 4.89. The number of ether oxygens (including phenoxy) is 2.